The molecule has 0 aromatic rings. The summed E-state index contributed by atoms with van der Waals surface area (Å²) in [6, 6.07) is 0. The van der Waals surface area contributed by atoms with E-state index in [0.717, 1.165) is 17.8 Å². The molecule has 3 atom stereocenters. The van der Waals surface area contributed by atoms with E-state index in [9.17, 15) is 0 Å². The van der Waals surface area contributed by atoms with Crippen LogP contribution >= 0.6 is 0 Å². The fraction of sp³-hybridized carbons (Fsp3) is 0.800. The Morgan fingerprint density at radius 3 is 2.45 bits per heavy atom. The van der Waals surface area contributed by atoms with Gasteiger partial charge in [-0.3, -0.25) is 0 Å². The van der Waals surface area contributed by atoms with Crippen LogP contribution in [0.1, 0.15) is 79.6 Å². The van der Waals surface area contributed by atoms with Crippen LogP contribution in [0.15, 0.2) is 23.3 Å². The standard InChI is InChI=1S/C20H34/c1-15(2)18-12-14-20(5)13-11-17(4)8-6-7-16(3)9-10-19(18)20/h7,11,15,18-19H,6,8-10,12-14H2,1-5H3/b16-7-,17-11-. The molecule has 1 fully saturated rings. The first kappa shape index (κ1) is 15.9. The summed E-state index contributed by atoms with van der Waals surface area (Å²) in [5.41, 5.74) is 3.78. The van der Waals surface area contributed by atoms with Gasteiger partial charge in [0.05, 0.1) is 0 Å². The number of allylic oxidation sites excluding steroid dienone is 4. The zero-order chi connectivity index (χ0) is 14.8. The van der Waals surface area contributed by atoms with Crippen LogP contribution < -0.4 is 0 Å². The molecule has 0 amide bonds. The molecule has 2 rings (SSSR count). The van der Waals surface area contributed by atoms with Crippen molar-refractivity contribution >= 4 is 0 Å². The summed E-state index contributed by atoms with van der Waals surface area (Å²) in [6.45, 7) is 12.1. The number of rotatable bonds is 1. The van der Waals surface area contributed by atoms with Crippen LogP contribution in [0.5, 0.6) is 0 Å². The Balaban J connectivity index is 2.24. The van der Waals surface area contributed by atoms with Gasteiger partial charge in [-0.15, -0.1) is 0 Å². The third-order valence-corrected chi connectivity index (χ3v) is 6.12. The Hall–Kier alpha value is -0.520. The highest BCUT2D eigenvalue weighted by atomic mass is 14.5. The van der Waals surface area contributed by atoms with Crippen molar-refractivity contribution in [1.82, 2.24) is 0 Å². The molecule has 0 nitrogen and oxygen atoms in total. The first-order valence-corrected chi connectivity index (χ1v) is 8.73. The average Bonchev–Trinajstić information content (AvgIpc) is 2.70. The first-order valence-electron chi connectivity index (χ1n) is 8.73. The van der Waals surface area contributed by atoms with Crippen LogP contribution in [0.4, 0.5) is 0 Å². The highest BCUT2D eigenvalue weighted by Crippen LogP contribution is 2.54. The topological polar surface area (TPSA) is 0 Å². The van der Waals surface area contributed by atoms with E-state index >= 15 is 0 Å². The summed E-state index contributed by atoms with van der Waals surface area (Å²) in [7, 11) is 0. The van der Waals surface area contributed by atoms with Crippen molar-refractivity contribution < 1.29 is 0 Å². The highest BCUT2D eigenvalue weighted by Gasteiger charge is 2.44. The van der Waals surface area contributed by atoms with Crippen LogP contribution in [-0.4, -0.2) is 0 Å². The Morgan fingerprint density at radius 2 is 1.75 bits per heavy atom. The zero-order valence-corrected chi connectivity index (χ0v) is 14.3. The highest BCUT2D eigenvalue weighted by molar-refractivity contribution is 5.09. The molecular weight excluding hydrogens is 240 g/mol. The van der Waals surface area contributed by atoms with Gasteiger partial charge in [0.2, 0.25) is 0 Å². The van der Waals surface area contributed by atoms with Crippen LogP contribution in [-0.2, 0) is 0 Å². The molecule has 0 N–H and O–H groups in total. The van der Waals surface area contributed by atoms with Crippen molar-refractivity contribution in [3.63, 3.8) is 0 Å². The van der Waals surface area contributed by atoms with E-state index in [2.05, 4.69) is 46.8 Å². The van der Waals surface area contributed by atoms with Crippen molar-refractivity contribution in [2.45, 2.75) is 79.6 Å². The molecular formula is C20H34. The third-order valence-electron chi connectivity index (χ3n) is 6.12. The molecule has 2 aliphatic carbocycles. The maximum Gasteiger partial charge on any atom is -0.0260 e. The summed E-state index contributed by atoms with van der Waals surface area (Å²) in [4.78, 5) is 0. The molecule has 0 aliphatic heterocycles. The summed E-state index contributed by atoms with van der Waals surface area (Å²) in [6.07, 6.45) is 14.5. The molecule has 20 heavy (non-hydrogen) atoms. The van der Waals surface area contributed by atoms with E-state index in [1.165, 1.54) is 44.9 Å². The minimum absolute atomic E-state index is 0.556. The van der Waals surface area contributed by atoms with Gasteiger partial charge in [-0.25, -0.2) is 0 Å². The van der Waals surface area contributed by atoms with Gasteiger partial charge in [-0.1, -0.05) is 44.1 Å². The molecule has 0 heterocycles. The smallest absolute Gasteiger partial charge is 0.0260 e. The maximum atomic E-state index is 2.57. The molecule has 0 bridgehead atoms. The first-order chi connectivity index (χ1) is 9.42. The second-order valence-electron chi connectivity index (χ2n) is 8.09. The lowest BCUT2D eigenvalue weighted by Gasteiger charge is -2.35. The minimum atomic E-state index is 0.556. The van der Waals surface area contributed by atoms with Gasteiger partial charge in [0.1, 0.15) is 0 Å². The lowest BCUT2D eigenvalue weighted by Crippen LogP contribution is -2.27. The lowest BCUT2D eigenvalue weighted by molar-refractivity contribution is 0.157. The Bertz CT molecular complexity index is 385. The SMILES string of the molecule is C/C1=C/CC2(C)CCC(C(C)C)C2CC/C(C)=C\CC1. The van der Waals surface area contributed by atoms with Crippen molar-refractivity contribution in [1.29, 1.82) is 0 Å². The fourth-order valence-electron chi connectivity index (χ4n) is 4.55. The Morgan fingerprint density at radius 1 is 1.05 bits per heavy atom. The van der Waals surface area contributed by atoms with Gasteiger partial charge in [-0.2, -0.15) is 0 Å². The third kappa shape index (κ3) is 3.57. The number of hydrogen-bond acceptors (Lipinski definition) is 0. The quantitative estimate of drug-likeness (QED) is 0.477. The monoisotopic (exact) mass is 274 g/mol. The van der Waals surface area contributed by atoms with Gasteiger partial charge in [0.15, 0.2) is 0 Å². The molecule has 0 aromatic heterocycles. The van der Waals surface area contributed by atoms with Gasteiger partial charge < -0.3 is 0 Å². The van der Waals surface area contributed by atoms with E-state index < -0.39 is 0 Å². The zero-order valence-electron chi connectivity index (χ0n) is 14.3. The summed E-state index contributed by atoms with van der Waals surface area (Å²) >= 11 is 0. The average molecular weight is 274 g/mol. The summed E-state index contributed by atoms with van der Waals surface area (Å²) < 4.78 is 0. The molecule has 114 valence electrons. The molecule has 0 heteroatoms. The molecule has 3 unspecified atom stereocenters. The predicted octanol–water partition coefficient (Wildman–Crippen LogP) is 6.53. The molecule has 0 saturated heterocycles. The normalized spacial score (nSPS) is 41.3. The maximum absolute atomic E-state index is 2.57. The van der Waals surface area contributed by atoms with Crippen LogP contribution in [0, 0.1) is 23.2 Å². The Kier molecular flexibility index (Phi) is 5.15. The summed E-state index contributed by atoms with van der Waals surface area (Å²) in [5, 5.41) is 0. The largest absolute Gasteiger partial charge is 0.0853 e. The van der Waals surface area contributed by atoms with E-state index in [0.29, 0.717) is 5.41 Å². The van der Waals surface area contributed by atoms with E-state index in [1.54, 1.807) is 11.1 Å². The van der Waals surface area contributed by atoms with Gasteiger partial charge in [0.25, 0.3) is 0 Å². The van der Waals surface area contributed by atoms with Crippen molar-refractivity contribution in [2.24, 2.45) is 23.2 Å². The van der Waals surface area contributed by atoms with Crippen molar-refractivity contribution in [3.8, 4) is 0 Å². The van der Waals surface area contributed by atoms with Crippen LogP contribution in [0.3, 0.4) is 0 Å². The van der Waals surface area contributed by atoms with Gasteiger partial charge in [0, 0.05) is 0 Å². The molecule has 1 saturated carbocycles. The molecule has 0 spiro atoms. The predicted molar refractivity (Wildman–Crippen MR) is 89.8 cm³/mol. The van der Waals surface area contributed by atoms with Gasteiger partial charge in [-0.05, 0) is 82.0 Å². The Labute approximate surface area is 126 Å². The number of hydrogen-bond donors (Lipinski definition) is 0. The van der Waals surface area contributed by atoms with Crippen molar-refractivity contribution in [2.75, 3.05) is 0 Å². The van der Waals surface area contributed by atoms with E-state index in [4.69, 9.17) is 0 Å². The molecule has 0 radical (unpaired) electrons. The number of fused-ring (bicyclic) bond motifs is 1. The molecule has 0 aromatic carbocycles. The van der Waals surface area contributed by atoms with E-state index in [1.807, 2.05) is 0 Å². The lowest BCUT2D eigenvalue weighted by atomic mass is 9.70. The minimum Gasteiger partial charge on any atom is -0.0853 e. The summed E-state index contributed by atoms with van der Waals surface area (Å²) in [5.74, 6) is 2.72. The van der Waals surface area contributed by atoms with Crippen LogP contribution in [0.2, 0.25) is 0 Å². The fourth-order valence-corrected chi connectivity index (χ4v) is 4.55. The second kappa shape index (κ2) is 6.50. The van der Waals surface area contributed by atoms with Gasteiger partial charge >= 0.3 is 0 Å². The van der Waals surface area contributed by atoms with E-state index in [-0.39, 0.29) is 0 Å². The van der Waals surface area contributed by atoms with Crippen molar-refractivity contribution in [3.05, 3.63) is 23.3 Å². The second-order valence-corrected chi connectivity index (χ2v) is 8.09. The molecule has 2 aliphatic rings. The van der Waals surface area contributed by atoms with Crippen LogP contribution in [0.25, 0.3) is 0 Å².